The van der Waals surface area contributed by atoms with Crippen molar-refractivity contribution in [2.75, 3.05) is 11.6 Å². The minimum absolute atomic E-state index is 0.177. The van der Waals surface area contributed by atoms with Gasteiger partial charge in [0.2, 0.25) is 5.95 Å². The van der Waals surface area contributed by atoms with Crippen LogP contribution < -0.4 is 5.32 Å². The molecule has 0 unspecified atom stereocenters. The van der Waals surface area contributed by atoms with Crippen molar-refractivity contribution in [1.29, 1.82) is 0 Å². The third-order valence-electron chi connectivity index (χ3n) is 4.50. The fraction of sp³-hybridized carbons (Fsp3) is 0.0526. The molecule has 0 aliphatic carbocycles. The van der Waals surface area contributed by atoms with E-state index in [1.165, 1.54) is 30.5 Å². The molecule has 0 saturated carbocycles. The van der Waals surface area contributed by atoms with E-state index in [2.05, 4.69) is 20.3 Å². The first-order valence-corrected chi connectivity index (χ1v) is 10.6. The number of nitrogens with one attached hydrogen (secondary N) is 2. The molecule has 0 spiro atoms. The predicted molar refractivity (Wildman–Crippen MR) is 109 cm³/mol. The summed E-state index contributed by atoms with van der Waals surface area (Å²) in [5.41, 5.74) is -0.135. The van der Waals surface area contributed by atoms with Gasteiger partial charge in [-0.05, 0) is 12.1 Å². The number of benzene rings is 2. The number of fused-ring (bicyclic) bond motifs is 1. The lowest BCUT2D eigenvalue weighted by atomic mass is 10.1. The van der Waals surface area contributed by atoms with Crippen molar-refractivity contribution in [3.8, 4) is 11.3 Å². The molecule has 0 amide bonds. The Hall–Kier alpha value is -3.93. The summed E-state index contributed by atoms with van der Waals surface area (Å²) in [5, 5.41) is 14.1. The number of rotatable bonds is 5. The van der Waals surface area contributed by atoms with Crippen LogP contribution in [0.15, 0.2) is 53.7 Å². The Bertz CT molecular complexity index is 1450. The maximum Gasteiger partial charge on any atom is 0.293 e. The molecule has 158 valence electrons. The maximum atomic E-state index is 14.6. The molecule has 9 nitrogen and oxygen atoms in total. The Morgan fingerprint density at radius 3 is 2.61 bits per heavy atom. The zero-order valence-corrected chi connectivity index (χ0v) is 16.6. The van der Waals surface area contributed by atoms with Crippen LogP contribution >= 0.6 is 0 Å². The molecule has 0 aliphatic rings. The highest BCUT2D eigenvalue weighted by molar-refractivity contribution is 7.90. The van der Waals surface area contributed by atoms with Crippen LogP contribution in [0.25, 0.3) is 22.2 Å². The fourth-order valence-electron chi connectivity index (χ4n) is 3.12. The van der Waals surface area contributed by atoms with Crippen LogP contribution in [0.3, 0.4) is 0 Å². The number of aromatic nitrogens is 3. The number of halogens is 2. The number of hydrogen-bond donors (Lipinski definition) is 2. The summed E-state index contributed by atoms with van der Waals surface area (Å²) >= 11 is 0. The molecule has 4 aromatic rings. The van der Waals surface area contributed by atoms with Crippen molar-refractivity contribution in [3.05, 3.63) is 70.5 Å². The number of anilines is 2. The van der Waals surface area contributed by atoms with Crippen LogP contribution in [-0.2, 0) is 9.84 Å². The van der Waals surface area contributed by atoms with Crippen molar-refractivity contribution in [2.45, 2.75) is 4.90 Å². The molecule has 0 radical (unpaired) electrons. The van der Waals surface area contributed by atoms with Crippen LogP contribution in [0.1, 0.15) is 0 Å². The normalized spacial score (nSPS) is 11.6. The summed E-state index contributed by atoms with van der Waals surface area (Å²) in [5.74, 6) is -2.02. The Kier molecular flexibility index (Phi) is 4.85. The lowest BCUT2D eigenvalue weighted by Gasteiger charge is -2.10. The molecule has 0 fully saturated rings. The Balaban J connectivity index is 1.79. The molecule has 12 heteroatoms. The van der Waals surface area contributed by atoms with Gasteiger partial charge in [-0.2, -0.15) is 0 Å². The maximum absolute atomic E-state index is 14.6. The van der Waals surface area contributed by atoms with E-state index in [1.54, 1.807) is 6.07 Å². The van der Waals surface area contributed by atoms with E-state index in [-0.39, 0.29) is 34.1 Å². The minimum atomic E-state index is -3.81. The molecule has 4 rings (SSSR count). The molecule has 2 aromatic carbocycles. The largest absolute Gasteiger partial charge is 0.355 e. The van der Waals surface area contributed by atoms with Gasteiger partial charge < -0.3 is 10.3 Å². The van der Waals surface area contributed by atoms with Crippen molar-refractivity contribution >= 4 is 38.1 Å². The number of hydrogen-bond acceptors (Lipinski definition) is 7. The van der Waals surface area contributed by atoms with E-state index in [9.17, 15) is 27.3 Å². The number of nitro groups is 1. The first kappa shape index (κ1) is 20.3. The van der Waals surface area contributed by atoms with Gasteiger partial charge in [0.15, 0.2) is 21.5 Å². The van der Waals surface area contributed by atoms with Crippen molar-refractivity contribution in [1.82, 2.24) is 15.0 Å². The highest BCUT2D eigenvalue weighted by Gasteiger charge is 2.21. The second-order valence-electron chi connectivity index (χ2n) is 6.56. The van der Waals surface area contributed by atoms with Crippen molar-refractivity contribution in [2.24, 2.45) is 0 Å². The summed E-state index contributed by atoms with van der Waals surface area (Å²) in [7, 11) is -3.81. The van der Waals surface area contributed by atoms with Crippen LogP contribution in [0.5, 0.6) is 0 Å². The van der Waals surface area contributed by atoms with Gasteiger partial charge in [0.25, 0.3) is 5.69 Å². The summed E-state index contributed by atoms with van der Waals surface area (Å²) in [6.45, 7) is 0. The topological polar surface area (TPSA) is 131 Å². The molecule has 31 heavy (non-hydrogen) atoms. The summed E-state index contributed by atoms with van der Waals surface area (Å²) in [6.07, 6.45) is 3.11. The second-order valence-corrected chi connectivity index (χ2v) is 8.55. The Morgan fingerprint density at radius 2 is 1.90 bits per heavy atom. The van der Waals surface area contributed by atoms with E-state index < -0.39 is 31.3 Å². The third kappa shape index (κ3) is 3.68. The first-order valence-electron chi connectivity index (χ1n) is 8.70. The monoisotopic (exact) mass is 445 g/mol. The summed E-state index contributed by atoms with van der Waals surface area (Å²) in [4.78, 5) is 20.7. The van der Waals surface area contributed by atoms with E-state index in [4.69, 9.17) is 0 Å². The van der Waals surface area contributed by atoms with E-state index in [0.29, 0.717) is 5.39 Å². The molecule has 0 saturated heterocycles. The van der Waals surface area contributed by atoms with Crippen LogP contribution in [0, 0.1) is 21.7 Å². The van der Waals surface area contributed by atoms with Gasteiger partial charge in [-0.15, -0.1) is 0 Å². The van der Waals surface area contributed by atoms with Gasteiger partial charge in [0.05, 0.1) is 16.8 Å². The minimum Gasteiger partial charge on any atom is -0.355 e. The summed E-state index contributed by atoms with van der Waals surface area (Å²) in [6, 6.07) is 8.08. The van der Waals surface area contributed by atoms with Crippen LogP contribution in [-0.4, -0.2) is 34.5 Å². The number of nitro benzene ring substituents is 1. The summed E-state index contributed by atoms with van der Waals surface area (Å²) < 4.78 is 52.5. The lowest BCUT2D eigenvalue weighted by Crippen LogP contribution is -2.06. The number of aromatic amines is 1. The van der Waals surface area contributed by atoms with Crippen LogP contribution in [0.4, 0.5) is 26.1 Å². The zero-order valence-electron chi connectivity index (χ0n) is 15.8. The Morgan fingerprint density at radius 1 is 1.16 bits per heavy atom. The molecule has 2 aromatic heterocycles. The number of sulfone groups is 1. The molecule has 2 N–H and O–H groups in total. The van der Waals surface area contributed by atoms with Crippen LogP contribution in [0.2, 0.25) is 0 Å². The number of non-ortho nitro benzene ring substituents is 1. The number of H-pyrrole nitrogens is 1. The third-order valence-corrected chi connectivity index (χ3v) is 5.61. The highest BCUT2D eigenvalue weighted by atomic mass is 32.2. The molecular formula is C19H13F2N5O4S. The molecule has 0 atom stereocenters. The van der Waals surface area contributed by atoms with E-state index >= 15 is 0 Å². The van der Waals surface area contributed by atoms with Gasteiger partial charge in [-0.25, -0.2) is 27.2 Å². The predicted octanol–water partition coefficient (Wildman–Crippen LogP) is 3.96. The van der Waals surface area contributed by atoms with Gasteiger partial charge in [0, 0.05) is 29.5 Å². The van der Waals surface area contributed by atoms with Gasteiger partial charge in [-0.3, -0.25) is 10.1 Å². The lowest BCUT2D eigenvalue weighted by molar-refractivity contribution is -0.383. The van der Waals surface area contributed by atoms with Crippen molar-refractivity contribution < 1.29 is 22.1 Å². The smallest absolute Gasteiger partial charge is 0.293 e. The Labute approximate surface area is 173 Å². The first-order chi connectivity index (χ1) is 14.7. The average Bonchev–Trinajstić information content (AvgIpc) is 3.14. The average molecular weight is 445 g/mol. The second kappa shape index (κ2) is 7.40. The molecule has 0 bridgehead atoms. The standard InChI is InChI=1S/C19H13F2N5O4S/c1-31(29,30)15-7-3-5-13(16(15)21)24-19-23-9-12(20)17(25-19)11-8-22-18-10(11)4-2-6-14(18)26(27)28/h2-9,22H,1H3,(H,23,24,25). The number of nitrogens with zero attached hydrogens (tertiary/aromatic N) is 3. The van der Waals surface area contributed by atoms with E-state index in [1.807, 2.05) is 0 Å². The molecule has 0 aliphatic heterocycles. The quantitative estimate of drug-likeness (QED) is 0.351. The molecule has 2 heterocycles. The number of para-hydroxylation sites is 1. The zero-order chi connectivity index (χ0) is 22.3. The van der Waals surface area contributed by atoms with Gasteiger partial charge in [0.1, 0.15) is 16.1 Å². The van der Waals surface area contributed by atoms with Crippen molar-refractivity contribution in [3.63, 3.8) is 0 Å². The van der Waals surface area contributed by atoms with Gasteiger partial charge in [-0.1, -0.05) is 18.2 Å². The fourth-order valence-corrected chi connectivity index (χ4v) is 3.88. The SMILES string of the molecule is CS(=O)(=O)c1cccc(Nc2ncc(F)c(-c3c[nH]c4c([N+](=O)[O-])cccc34)n2)c1F. The molecular weight excluding hydrogens is 432 g/mol. The highest BCUT2D eigenvalue weighted by Crippen LogP contribution is 2.34. The van der Waals surface area contributed by atoms with E-state index in [0.717, 1.165) is 18.5 Å². The van der Waals surface area contributed by atoms with Gasteiger partial charge >= 0.3 is 0 Å².